The van der Waals surface area contributed by atoms with Gasteiger partial charge in [-0.05, 0) is 129 Å². The zero-order valence-electron chi connectivity index (χ0n) is 22.2. The highest BCUT2D eigenvalue weighted by Crippen LogP contribution is 2.64. The molecule has 0 saturated heterocycles. The Balaban J connectivity index is 1.25. The van der Waals surface area contributed by atoms with E-state index in [1.807, 2.05) is 12.1 Å². The van der Waals surface area contributed by atoms with Crippen molar-refractivity contribution in [2.24, 2.45) is 29.1 Å². The Morgan fingerprint density at radius 1 is 1.06 bits per heavy atom. The third kappa shape index (κ3) is 4.55. The molecule has 0 aliphatic heterocycles. The number of hydrogen-bond donors (Lipinski definition) is 1. The second kappa shape index (κ2) is 9.69. The lowest BCUT2D eigenvalue weighted by molar-refractivity contribution is 0.000862. The molecular weight excluding hydrogens is 434 g/mol. The number of hydrogen-bond acceptors (Lipinski definition) is 4. The predicted molar refractivity (Wildman–Crippen MR) is 141 cm³/mol. The van der Waals surface area contributed by atoms with Crippen molar-refractivity contribution in [2.75, 3.05) is 27.8 Å². The summed E-state index contributed by atoms with van der Waals surface area (Å²) in [5, 5.41) is 10.0. The van der Waals surface area contributed by atoms with Gasteiger partial charge in [0, 0.05) is 6.54 Å². The highest BCUT2D eigenvalue weighted by Gasteiger charge is 2.55. The first-order valence-electron chi connectivity index (χ1n) is 13.6. The topological polar surface area (TPSA) is 41.9 Å². The number of nitrogens with zero attached hydrogens (tertiary/aromatic N) is 1. The van der Waals surface area contributed by atoms with Crippen LogP contribution in [0.25, 0.3) is 0 Å². The van der Waals surface area contributed by atoms with Crippen molar-refractivity contribution in [3.8, 4) is 17.2 Å². The van der Waals surface area contributed by atoms with Crippen molar-refractivity contribution in [1.29, 1.82) is 0 Å². The van der Waals surface area contributed by atoms with E-state index in [1.165, 1.54) is 42.4 Å². The van der Waals surface area contributed by atoms with Gasteiger partial charge in [-0.15, -0.1) is 0 Å². The molecule has 3 aliphatic carbocycles. The number of fused-ring (bicyclic) bond motifs is 5. The van der Waals surface area contributed by atoms with Crippen LogP contribution in [0.4, 0.5) is 0 Å². The quantitative estimate of drug-likeness (QED) is 0.485. The van der Waals surface area contributed by atoms with Gasteiger partial charge in [-0.3, -0.25) is 0 Å². The Morgan fingerprint density at radius 2 is 1.89 bits per heavy atom. The molecule has 0 amide bonds. The SMILES string of the molecule is COc1cc(CN(C)C)ccc1OCC[C@H]1CC[C@H]2[C@@H]3C(C)Cc4cc(O)ccc4[C@H]3CC[C@]12C. The van der Waals surface area contributed by atoms with Crippen molar-refractivity contribution >= 4 is 0 Å². The normalized spacial score (nSPS) is 31.5. The minimum atomic E-state index is 0.410. The summed E-state index contributed by atoms with van der Waals surface area (Å²) in [5.74, 6) is 5.73. The first kappa shape index (κ1) is 24.5. The second-order valence-electron chi connectivity index (χ2n) is 12.0. The van der Waals surface area contributed by atoms with Crippen LogP contribution in [0, 0.1) is 29.1 Å². The average Bonchev–Trinajstić information content (AvgIpc) is 3.15. The zero-order valence-corrected chi connectivity index (χ0v) is 22.2. The van der Waals surface area contributed by atoms with Crippen LogP contribution in [0.2, 0.25) is 0 Å². The number of rotatable bonds is 7. The van der Waals surface area contributed by atoms with E-state index in [2.05, 4.69) is 57.1 Å². The van der Waals surface area contributed by atoms with Gasteiger partial charge in [-0.2, -0.15) is 0 Å². The smallest absolute Gasteiger partial charge is 0.161 e. The number of phenolic OH excluding ortho intramolecular Hbond substituents is 1. The van der Waals surface area contributed by atoms with Gasteiger partial charge in [0.2, 0.25) is 0 Å². The van der Waals surface area contributed by atoms with Crippen molar-refractivity contribution in [1.82, 2.24) is 4.90 Å². The van der Waals surface area contributed by atoms with Crippen molar-refractivity contribution < 1.29 is 14.6 Å². The van der Waals surface area contributed by atoms with Crippen molar-refractivity contribution in [3.05, 3.63) is 53.1 Å². The molecule has 0 bridgehead atoms. The molecule has 1 unspecified atom stereocenters. The Bertz CT molecular complexity index is 1050. The van der Waals surface area contributed by atoms with Crippen LogP contribution >= 0.6 is 0 Å². The van der Waals surface area contributed by atoms with Gasteiger partial charge < -0.3 is 19.5 Å². The highest BCUT2D eigenvalue weighted by atomic mass is 16.5. The number of phenols is 1. The molecule has 6 atom stereocenters. The molecule has 0 aromatic heterocycles. The van der Waals surface area contributed by atoms with Gasteiger partial charge in [0.1, 0.15) is 5.75 Å². The highest BCUT2D eigenvalue weighted by molar-refractivity contribution is 5.43. The Morgan fingerprint density at radius 3 is 2.66 bits per heavy atom. The van der Waals surface area contributed by atoms with Crippen LogP contribution < -0.4 is 9.47 Å². The molecule has 4 heteroatoms. The van der Waals surface area contributed by atoms with Gasteiger partial charge in [-0.1, -0.05) is 26.0 Å². The molecular formula is C31H43NO3. The fourth-order valence-electron chi connectivity index (χ4n) is 8.15. The standard InChI is InChI=1S/C31H43NO3/c1-20-16-22-18-24(33)8-9-25(22)26-12-14-31(2)23(7-10-27(31)30(20)26)13-15-35-28-11-6-21(19-32(3)4)17-29(28)34-5/h6,8-9,11,17-18,20,23,26-27,30,33H,7,10,12-16,19H2,1-5H3/t20?,23-,26-,27+,30-,31-/m1/s1. The summed E-state index contributed by atoms with van der Waals surface area (Å²) in [6.45, 7) is 6.69. The van der Waals surface area contributed by atoms with Gasteiger partial charge in [0.05, 0.1) is 13.7 Å². The maximum atomic E-state index is 10.0. The molecule has 35 heavy (non-hydrogen) atoms. The van der Waals surface area contributed by atoms with Crippen LogP contribution in [-0.2, 0) is 13.0 Å². The molecule has 0 spiro atoms. The molecule has 2 aromatic carbocycles. The lowest BCUT2D eigenvalue weighted by Gasteiger charge is -2.53. The number of methoxy groups -OCH3 is 1. The van der Waals surface area contributed by atoms with E-state index in [9.17, 15) is 5.11 Å². The molecule has 190 valence electrons. The van der Waals surface area contributed by atoms with E-state index in [-0.39, 0.29) is 0 Å². The largest absolute Gasteiger partial charge is 0.508 e. The summed E-state index contributed by atoms with van der Waals surface area (Å²) >= 11 is 0. The first-order valence-corrected chi connectivity index (χ1v) is 13.6. The molecule has 2 saturated carbocycles. The van der Waals surface area contributed by atoms with E-state index in [0.29, 0.717) is 23.0 Å². The maximum absolute atomic E-state index is 10.0. The van der Waals surface area contributed by atoms with E-state index in [1.54, 1.807) is 7.11 Å². The molecule has 0 heterocycles. The van der Waals surface area contributed by atoms with Gasteiger partial charge in [-0.25, -0.2) is 0 Å². The zero-order chi connectivity index (χ0) is 24.7. The maximum Gasteiger partial charge on any atom is 0.161 e. The van der Waals surface area contributed by atoms with Crippen LogP contribution in [0.3, 0.4) is 0 Å². The monoisotopic (exact) mass is 477 g/mol. The summed E-state index contributed by atoms with van der Waals surface area (Å²) in [5.41, 5.74) is 4.55. The fourth-order valence-corrected chi connectivity index (χ4v) is 8.15. The number of aromatic hydroxyl groups is 1. The lowest BCUT2D eigenvalue weighted by Crippen LogP contribution is -2.45. The second-order valence-corrected chi connectivity index (χ2v) is 12.0. The van der Waals surface area contributed by atoms with Crippen LogP contribution in [0.1, 0.15) is 68.6 Å². The lowest BCUT2D eigenvalue weighted by atomic mass is 9.51. The Labute approximate surface area is 211 Å². The Kier molecular flexibility index (Phi) is 6.78. The van der Waals surface area contributed by atoms with E-state index >= 15 is 0 Å². The fraction of sp³-hybridized carbons (Fsp3) is 0.613. The number of benzene rings is 2. The average molecular weight is 478 g/mol. The molecule has 0 radical (unpaired) electrons. The third-order valence-corrected chi connectivity index (χ3v) is 9.70. The van der Waals surface area contributed by atoms with Crippen LogP contribution in [0.5, 0.6) is 17.2 Å². The summed E-state index contributed by atoms with van der Waals surface area (Å²) in [7, 11) is 5.89. The van der Waals surface area contributed by atoms with Gasteiger partial charge in [0.15, 0.2) is 11.5 Å². The van der Waals surface area contributed by atoms with Gasteiger partial charge in [0.25, 0.3) is 0 Å². The minimum Gasteiger partial charge on any atom is -0.508 e. The minimum absolute atomic E-state index is 0.410. The van der Waals surface area contributed by atoms with E-state index < -0.39 is 0 Å². The Hall–Kier alpha value is -2.20. The first-order chi connectivity index (χ1) is 16.8. The number of ether oxygens (including phenoxy) is 2. The van der Waals surface area contributed by atoms with Crippen molar-refractivity contribution in [3.63, 3.8) is 0 Å². The molecule has 3 aliphatic rings. The van der Waals surface area contributed by atoms with Crippen LogP contribution in [0.15, 0.2) is 36.4 Å². The van der Waals surface area contributed by atoms with Gasteiger partial charge >= 0.3 is 0 Å². The van der Waals surface area contributed by atoms with E-state index in [4.69, 9.17) is 9.47 Å². The summed E-state index contributed by atoms with van der Waals surface area (Å²) < 4.78 is 11.9. The molecule has 5 rings (SSSR count). The molecule has 1 N–H and O–H groups in total. The summed E-state index contributed by atoms with van der Waals surface area (Å²) in [6, 6.07) is 12.5. The predicted octanol–water partition coefficient (Wildman–Crippen LogP) is 6.65. The summed E-state index contributed by atoms with van der Waals surface area (Å²) in [4.78, 5) is 2.16. The molecule has 2 fully saturated rings. The third-order valence-electron chi connectivity index (χ3n) is 9.70. The van der Waals surface area contributed by atoms with Crippen LogP contribution in [-0.4, -0.2) is 37.8 Å². The van der Waals surface area contributed by atoms with E-state index in [0.717, 1.165) is 55.2 Å². The van der Waals surface area contributed by atoms with Crippen molar-refractivity contribution in [2.45, 2.75) is 64.8 Å². The molecule has 2 aromatic rings. The molecule has 4 nitrogen and oxygen atoms in total. The summed E-state index contributed by atoms with van der Waals surface area (Å²) in [6.07, 6.45) is 7.47.